The number of amides is 1. The van der Waals surface area contributed by atoms with Gasteiger partial charge in [0, 0.05) is 17.3 Å². The summed E-state index contributed by atoms with van der Waals surface area (Å²) < 4.78 is 0. The van der Waals surface area contributed by atoms with Crippen molar-refractivity contribution in [1.29, 1.82) is 0 Å². The monoisotopic (exact) mass is 354 g/mol. The van der Waals surface area contributed by atoms with E-state index in [9.17, 15) is 4.79 Å². The number of nitrogens with zero attached hydrogens (tertiary/aromatic N) is 2. The van der Waals surface area contributed by atoms with E-state index in [0.29, 0.717) is 28.6 Å². The summed E-state index contributed by atoms with van der Waals surface area (Å²) in [5.41, 5.74) is 3.17. The number of carbonyl (C=O) groups excluding carboxylic acids is 1. The second-order valence-electron chi connectivity index (χ2n) is 5.70. The highest BCUT2D eigenvalue weighted by molar-refractivity contribution is 6.31. The largest absolute Gasteiger partial charge is 0.368 e. The third kappa shape index (κ3) is 3.72. The lowest BCUT2D eigenvalue weighted by atomic mass is 10.2. The van der Waals surface area contributed by atoms with Gasteiger partial charge in [-0.15, -0.1) is 0 Å². The predicted molar refractivity (Wildman–Crippen MR) is 102 cm³/mol. The lowest BCUT2D eigenvalue weighted by Gasteiger charge is -2.13. The number of fused-ring (bicyclic) bond motifs is 1. The van der Waals surface area contributed by atoms with Gasteiger partial charge in [0.1, 0.15) is 0 Å². The summed E-state index contributed by atoms with van der Waals surface area (Å²) in [6.07, 6.45) is 0.920. The Balaban J connectivity index is 2.00. The van der Waals surface area contributed by atoms with E-state index in [0.717, 1.165) is 17.5 Å². The smallest absolute Gasteiger partial charge is 0.278 e. The van der Waals surface area contributed by atoms with E-state index in [4.69, 9.17) is 11.6 Å². The molecule has 2 N–H and O–H groups in total. The first-order valence-electron chi connectivity index (χ1n) is 8.17. The van der Waals surface area contributed by atoms with Crippen molar-refractivity contribution < 1.29 is 4.79 Å². The number of benzene rings is 2. The molecule has 0 aliphatic carbocycles. The average Bonchev–Trinajstić information content (AvgIpc) is 2.63. The second-order valence-corrected chi connectivity index (χ2v) is 6.11. The van der Waals surface area contributed by atoms with Crippen molar-refractivity contribution in [3.8, 4) is 0 Å². The zero-order chi connectivity index (χ0) is 17.8. The van der Waals surface area contributed by atoms with E-state index in [1.54, 1.807) is 12.1 Å². The Labute approximate surface area is 151 Å². The molecule has 5 nitrogen and oxygen atoms in total. The van der Waals surface area contributed by atoms with Crippen molar-refractivity contribution in [2.24, 2.45) is 0 Å². The van der Waals surface area contributed by atoms with Crippen LogP contribution in [-0.4, -0.2) is 22.4 Å². The highest BCUT2D eigenvalue weighted by Crippen LogP contribution is 2.24. The lowest BCUT2D eigenvalue weighted by Crippen LogP contribution is -2.18. The zero-order valence-electron chi connectivity index (χ0n) is 14.1. The van der Waals surface area contributed by atoms with Crippen molar-refractivity contribution in [2.45, 2.75) is 20.3 Å². The molecule has 128 valence electrons. The molecule has 3 aromatic rings. The topological polar surface area (TPSA) is 66.9 Å². The summed E-state index contributed by atoms with van der Waals surface area (Å²) in [5, 5.41) is 6.67. The number of anilines is 2. The SMILES string of the molecule is CCCNc1nc2ccccc2nc1C(=O)Nc1cccc(Cl)c1C. The van der Waals surface area contributed by atoms with Gasteiger partial charge >= 0.3 is 0 Å². The molecular weight excluding hydrogens is 336 g/mol. The summed E-state index contributed by atoms with van der Waals surface area (Å²) in [6, 6.07) is 12.9. The molecule has 0 radical (unpaired) electrons. The first kappa shape index (κ1) is 17.2. The van der Waals surface area contributed by atoms with Crippen molar-refractivity contribution >= 4 is 40.0 Å². The normalized spacial score (nSPS) is 10.7. The van der Waals surface area contributed by atoms with E-state index >= 15 is 0 Å². The lowest BCUT2D eigenvalue weighted by molar-refractivity contribution is 0.102. The van der Waals surface area contributed by atoms with Gasteiger partial charge in [0.2, 0.25) is 0 Å². The Morgan fingerprint density at radius 1 is 1.08 bits per heavy atom. The van der Waals surface area contributed by atoms with Gasteiger partial charge in [-0.2, -0.15) is 0 Å². The summed E-state index contributed by atoms with van der Waals surface area (Å²) in [4.78, 5) is 21.9. The highest BCUT2D eigenvalue weighted by Gasteiger charge is 2.17. The van der Waals surface area contributed by atoms with Gasteiger partial charge in [-0.3, -0.25) is 4.79 Å². The fourth-order valence-electron chi connectivity index (χ4n) is 2.45. The standard InChI is InChI=1S/C19H19ClN4O/c1-3-11-21-18-17(22-15-8-4-5-9-16(15)23-18)19(25)24-14-10-6-7-13(20)12(14)2/h4-10H,3,11H2,1-2H3,(H,21,23)(H,24,25). The van der Waals surface area contributed by atoms with Gasteiger partial charge in [-0.05, 0) is 43.2 Å². The minimum Gasteiger partial charge on any atom is -0.368 e. The molecule has 0 spiro atoms. The maximum absolute atomic E-state index is 12.8. The number of halogens is 1. The molecule has 0 fully saturated rings. The fraction of sp³-hybridized carbons (Fsp3) is 0.211. The van der Waals surface area contributed by atoms with Crippen LogP contribution in [0, 0.1) is 6.92 Å². The van der Waals surface area contributed by atoms with Gasteiger partial charge in [0.15, 0.2) is 11.5 Å². The van der Waals surface area contributed by atoms with Crippen molar-refractivity contribution in [2.75, 3.05) is 17.2 Å². The molecular formula is C19H19ClN4O. The Morgan fingerprint density at radius 2 is 1.80 bits per heavy atom. The highest BCUT2D eigenvalue weighted by atomic mass is 35.5. The van der Waals surface area contributed by atoms with E-state index in [1.165, 1.54) is 0 Å². The molecule has 0 bridgehead atoms. The molecule has 0 aliphatic heterocycles. The molecule has 6 heteroatoms. The first-order valence-corrected chi connectivity index (χ1v) is 8.55. The van der Waals surface area contributed by atoms with E-state index in [-0.39, 0.29) is 11.6 Å². The van der Waals surface area contributed by atoms with Crippen LogP contribution in [0.25, 0.3) is 11.0 Å². The molecule has 0 aliphatic rings. The molecule has 3 rings (SSSR count). The Bertz CT molecular complexity index is 926. The van der Waals surface area contributed by atoms with Crippen LogP contribution in [0.15, 0.2) is 42.5 Å². The molecule has 0 saturated heterocycles. The minimum atomic E-state index is -0.317. The summed E-state index contributed by atoms with van der Waals surface area (Å²) in [6.45, 7) is 4.63. The summed E-state index contributed by atoms with van der Waals surface area (Å²) >= 11 is 6.13. The molecule has 2 aromatic carbocycles. The third-order valence-corrected chi connectivity index (χ3v) is 4.25. The Morgan fingerprint density at radius 3 is 2.52 bits per heavy atom. The van der Waals surface area contributed by atoms with Crippen LogP contribution in [0.4, 0.5) is 11.5 Å². The van der Waals surface area contributed by atoms with Gasteiger partial charge in [-0.25, -0.2) is 9.97 Å². The molecule has 0 atom stereocenters. The molecule has 0 saturated carbocycles. The first-order chi connectivity index (χ1) is 12.1. The molecule has 1 heterocycles. The van der Waals surface area contributed by atoms with Crippen LogP contribution < -0.4 is 10.6 Å². The predicted octanol–water partition coefficient (Wildman–Crippen LogP) is 4.67. The number of para-hydroxylation sites is 2. The average molecular weight is 355 g/mol. The Hall–Kier alpha value is -2.66. The number of rotatable bonds is 5. The quantitative estimate of drug-likeness (QED) is 0.699. The van der Waals surface area contributed by atoms with Crippen molar-refractivity contribution in [3.63, 3.8) is 0 Å². The number of carbonyl (C=O) groups is 1. The Kier molecular flexibility index (Phi) is 5.14. The van der Waals surface area contributed by atoms with Gasteiger partial charge in [0.25, 0.3) is 5.91 Å². The van der Waals surface area contributed by atoms with Crippen molar-refractivity contribution in [1.82, 2.24) is 9.97 Å². The minimum absolute atomic E-state index is 0.270. The molecule has 0 unspecified atom stereocenters. The van der Waals surface area contributed by atoms with E-state index in [1.807, 2.05) is 37.3 Å². The van der Waals surface area contributed by atoms with Gasteiger partial charge in [-0.1, -0.05) is 36.7 Å². The van der Waals surface area contributed by atoms with Crippen LogP contribution in [0.3, 0.4) is 0 Å². The number of nitrogens with one attached hydrogen (secondary N) is 2. The molecule has 1 aromatic heterocycles. The third-order valence-electron chi connectivity index (χ3n) is 3.84. The van der Waals surface area contributed by atoms with E-state index in [2.05, 4.69) is 27.5 Å². The number of hydrogen-bond donors (Lipinski definition) is 2. The molecule has 1 amide bonds. The number of aromatic nitrogens is 2. The zero-order valence-corrected chi connectivity index (χ0v) is 14.9. The maximum Gasteiger partial charge on any atom is 0.278 e. The van der Waals surface area contributed by atoms with Crippen LogP contribution in [0.1, 0.15) is 29.4 Å². The fourth-order valence-corrected chi connectivity index (χ4v) is 2.62. The van der Waals surface area contributed by atoms with Gasteiger partial charge < -0.3 is 10.6 Å². The van der Waals surface area contributed by atoms with Crippen LogP contribution in [-0.2, 0) is 0 Å². The summed E-state index contributed by atoms with van der Waals surface area (Å²) in [5.74, 6) is 0.167. The molecule has 25 heavy (non-hydrogen) atoms. The van der Waals surface area contributed by atoms with Crippen LogP contribution in [0.2, 0.25) is 5.02 Å². The van der Waals surface area contributed by atoms with Crippen molar-refractivity contribution in [3.05, 3.63) is 58.7 Å². The van der Waals surface area contributed by atoms with E-state index < -0.39 is 0 Å². The second kappa shape index (κ2) is 7.49. The summed E-state index contributed by atoms with van der Waals surface area (Å²) in [7, 11) is 0. The van der Waals surface area contributed by atoms with Crippen LogP contribution in [0.5, 0.6) is 0 Å². The maximum atomic E-state index is 12.8. The number of hydrogen-bond acceptors (Lipinski definition) is 4. The van der Waals surface area contributed by atoms with Crippen LogP contribution >= 0.6 is 11.6 Å². The van der Waals surface area contributed by atoms with Gasteiger partial charge in [0.05, 0.1) is 11.0 Å².